The van der Waals surface area contributed by atoms with Gasteiger partial charge in [0.25, 0.3) is 0 Å². The quantitative estimate of drug-likeness (QED) is 0.693. The molecule has 0 amide bonds. The zero-order chi connectivity index (χ0) is 21.6. The topological polar surface area (TPSA) is 70.1 Å². The summed E-state index contributed by atoms with van der Waals surface area (Å²) in [5.74, 6) is 0.0292. The van der Waals surface area contributed by atoms with Gasteiger partial charge in [0, 0.05) is 22.7 Å². The fraction of sp³-hybridized carbons (Fsp3) is 0.280. The molecule has 30 heavy (non-hydrogen) atoms. The van der Waals surface area contributed by atoms with Crippen molar-refractivity contribution in [3.8, 4) is 6.07 Å². The average molecular weight is 418 g/mol. The minimum Gasteiger partial charge on any atom is -0.384 e. The molecule has 1 unspecified atom stereocenters. The van der Waals surface area contributed by atoms with Gasteiger partial charge < -0.3 is 5.73 Å². The molecule has 1 atom stereocenters. The van der Waals surface area contributed by atoms with Crippen LogP contribution in [0.2, 0.25) is 5.02 Å². The summed E-state index contributed by atoms with van der Waals surface area (Å²) >= 11 is 6.29. The molecule has 2 aromatic rings. The van der Waals surface area contributed by atoms with Crippen molar-refractivity contribution in [3.63, 3.8) is 0 Å². The number of allylic oxidation sites excluding steroid dienone is 3. The number of Topliss-reactive ketones (excluding diaryl/α,β-unsaturated/α-hetero) is 1. The van der Waals surface area contributed by atoms with Gasteiger partial charge in [-0.25, -0.2) is 0 Å². The number of aryl methyl sites for hydroxylation is 3. The third kappa shape index (κ3) is 3.20. The van der Waals surface area contributed by atoms with Crippen molar-refractivity contribution in [1.29, 1.82) is 5.26 Å². The number of hydrogen-bond acceptors (Lipinski definition) is 4. The van der Waals surface area contributed by atoms with E-state index in [0.717, 1.165) is 46.5 Å². The van der Waals surface area contributed by atoms with Crippen LogP contribution in [0.3, 0.4) is 0 Å². The van der Waals surface area contributed by atoms with Gasteiger partial charge in [0.2, 0.25) is 0 Å². The van der Waals surface area contributed by atoms with Gasteiger partial charge in [0.05, 0.1) is 23.2 Å². The zero-order valence-electron chi connectivity index (χ0n) is 17.4. The zero-order valence-corrected chi connectivity index (χ0v) is 18.2. The Bertz CT molecular complexity index is 1170. The lowest BCUT2D eigenvalue weighted by molar-refractivity contribution is -0.116. The molecule has 2 aromatic carbocycles. The molecule has 2 aliphatic rings. The first-order valence-electron chi connectivity index (χ1n) is 10.1. The summed E-state index contributed by atoms with van der Waals surface area (Å²) in [4.78, 5) is 15.1. The van der Waals surface area contributed by atoms with Crippen LogP contribution in [0.15, 0.2) is 59.1 Å². The first-order chi connectivity index (χ1) is 14.3. The highest BCUT2D eigenvalue weighted by Gasteiger charge is 2.41. The number of benzene rings is 2. The van der Waals surface area contributed by atoms with Gasteiger partial charge in [-0.1, -0.05) is 41.4 Å². The SMILES string of the molecule is Cc1ccc(C2C(C#N)=C(N)N(c3cc(Cl)ccc3C)C3=C2C(=O)CCC3)c(C)c1. The summed E-state index contributed by atoms with van der Waals surface area (Å²) < 4.78 is 0. The van der Waals surface area contributed by atoms with Crippen LogP contribution in [0.5, 0.6) is 0 Å². The molecule has 2 N–H and O–H groups in total. The fourth-order valence-electron chi connectivity index (χ4n) is 4.65. The van der Waals surface area contributed by atoms with Crippen molar-refractivity contribution in [2.45, 2.75) is 46.0 Å². The number of nitrogens with two attached hydrogens (primary N) is 1. The molecule has 1 aliphatic heterocycles. The van der Waals surface area contributed by atoms with E-state index in [9.17, 15) is 10.1 Å². The van der Waals surface area contributed by atoms with E-state index in [1.54, 1.807) is 0 Å². The van der Waals surface area contributed by atoms with Crippen molar-refractivity contribution < 1.29 is 4.79 Å². The van der Waals surface area contributed by atoms with E-state index in [1.807, 2.05) is 56.0 Å². The lowest BCUT2D eigenvalue weighted by atomic mass is 9.74. The number of rotatable bonds is 2. The van der Waals surface area contributed by atoms with Crippen LogP contribution in [-0.4, -0.2) is 5.78 Å². The third-order valence-electron chi connectivity index (χ3n) is 6.06. The Kier molecular flexibility index (Phi) is 5.17. The molecule has 4 rings (SSSR count). The van der Waals surface area contributed by atoms with E-state index in [4.69, 9.17) is 17.3 Å². The highest BCUT2D eigenvalue weighted by molar-refractivity contribution is 6.30. The smallest absolute Gasteiger partial charge is 0.161 e. The normalized spacial score (nSPS) is 19.1. The number of halogens is 1. The Hall–Kier alpha value is -3.03. The summed E-state index contributed by atoms with van der Waals surface area (Å²) in [5, 5.41) is 10.7. The first-order valence-corrected chi connectivity index (χ1v) is 10.5. The Balaban J connectivity index is 2.02. The predicted molar refractivity (Wildman–Crippen MR) is 120 cm³/mol. The number of ketones is 1. The second kappa shape index (κ2) is 7.66. The summed E-state index contributed by atoms with van der Waals surface area (Å²) in [6.45, 7) is 6.04. The molecule has 1 aliphatic carbocycles. The van der Waals surface area contributed by atoms with E-state index in [-0.39, 0.29) is 5.78 Å². The van der Waals surface area contributed by atoms with E-state index in [2.05, 4.69) is 12.1 Å². The summed E-state index contributed by atoms with van der Waals surface area (Å²) in [6.07, 6.45) is 1.98. The molecule has 0 bridgehead atoms. The van der Waals surface area contributed by atoms with Crippen LogP contribution >= 0.6 is 11.6 Å². The Morgan fingerprint density at radius 3 is 2.57 bits per heavy atom. The average Bonchev–Trinajstić information content (AvgIpc) is 2.70. The largest absolute Gasteiger partial charge is 0.384 e. The Labute approximate surface area is 182 Å². The lowest BCUT2D eigenvalue weighted by Crippen LogP contribution is -2.39. The minimum absolute atomic E-state index is 0.0890. The van der Waals surface area contributed by atoms with Crippen molar-refractivity contribution in [3.05, 3.63) is 86.3 Å². The van der Waals surface area contributed by atoms with Crippen LogP contribution < -0.4 is 10.6 Å². The van der Waals surface area contributed by atoms with Gasteiger partial charge in [-0.2, -0.15) is 5.26 Å². The molecule has 5 heteroatoms. The van der Waals surface area contributed by atoms with Crippen molar-refractivity contribution in [2.24, 2.45) is 5.73 Å². The maximum absolute atomic E-state index is 13.2. The number of nitriles is 1. The molecule has 4 nitrogen and oxygen atoms in total. The third-order valence-corrected chi connectivity index (χ3v) is 6.30. The summed E-state index contributed by atoms with van der Waals surface area (Å²) in [7, 11) is 0. The second-order valence-corrected chi connectivity index (χ2v) is 8.54. The molecule has 152 valence electrons. The second-order valence-electron chi connectivity index (χ2n) is 8.11. The van der Waals surface area contributed by atoms with Crippen LogP contribution in [0.25, 0.3) is 0 Å². The monoisotopic (exact) mass is 417 g/mol. The molecular formula is C25H24ClN3O. The Morgan fingerprint density at radius 1 is 1.10 bits per heavy atom. The molecular weight excluding hydrogens is 394 g/mol. The lowest BCUT2D eigenvalue weighted by Gasteiger charge is -2.40. The van der Waals surface area contributed by atoms with E-state index >= 15 is 0 Å². The molecule has 0 fully saturated rings. The minimum atomic E-state index is -0.436. The van der Waals surface area contributed by atoms with Gasteiger partial charge in [-0.3, -0.25) is 9.69 Å². The van der Waals surface area contributed by atoms with E-state index in [1.165, 1.54) is 0 Å². The number of carbonyl (C=O) groups is 1. The van der Waals surface area contributed by atoms with Gasteiger partial charge in [-0.05, 0) is 62.4 Å². The van der Waals surface area contributed by atoms with Gasteiger partial charge in [-0.15, -0.1) is 0 Å². The molecule has 0 radical (unpaired) electrons. The van der Waals surface area contributed by atoms with E-state index < -0.39 is 5.92 Å². The van der Waals surface area contributed by atoms with Crippen LogP contribution in [0.4, 0.5) is 5.69 Å². The van der Waals surface area contributed by atoms with Crippen molar-refractivity contribution in [1.82, 2.24) is 0 Å². The molecule has 0 aromatic heterocycles. The number of hydrogen-bond donors (Lipinski definition) is 1. The van der Waals surface area contributed by atoms with Crippen molar-refractivity contribution in [2.75, 3.05) is 4.90 Å². The number of anilines is 1. The van der Waals surface area contributed by atoms with Crippen LogP contribution in [0, 0.1) is 32.1 Å². The fourth-order valence-corrected chi connectivity index (χ4v) is 4.81. The first kappa shape index (κ1) is 20.3. The summed E-state index contributed by atoms with van der Waals surface area (Å²) in [6, 6.07) is 14.1. The highest BCUT2D eigenvalue weighted by Crippen LogP contribution is 2.47. The molecule has 0 saturated carbocycles. The summed E-state index contributed by atoms with van der Waals surface area (Å²) in [5.41, 5.74) is 13.6. The molecule has 0 saturated heterocycles. The maximum Gasteiger partial charge on any atom is 0.161 e. The van der Waals surface area contributed by atoms with Gasteiger partial charge in [0.15, 0.2) is 5.78 Å². The van der Waals surface area contributed by atoms with Gasteiger partial charge in [0.1, 0.15) is 5.82 Å². The van der Waals surface area contributed by atoms with Gasteiger partial charge >= 0.3 is 0 Å². The molecule has 0 spiro atoms. The number of carbonyl (C=O) groups excluding carboxylic acids is 1. The van der Waals surface area contributed by atoms with Crippen LogP contribution in [-0.2, 0) is 4.79 Å². The standard InChI is InChI=1S/C25H24ClN3O/c1-14-7-10-18(16(3)11-14)23-19(13-27)25(28)29(20-5-4-6-22(30)24(20)23)21-12-17(26)9-8-15(21)2/h7-12,23H,4-6,28H2,1-3H3. The predicted octanol–water partition coefficient (Wildman–Crippen LogP) is 5.57. The molecule has 1 heterocycles. The van der Waals surface area contributed by atoms with E-state index in [0.29, 0.717) is 28.4 Å². The maximum atomic E-state index is 13.2. The number of nitrogens with zero attached hydrogens (tertiary/aromatic N) is 2. The van der Waals surface area contributed by atoms with Crippen molar-refractivity contribution >= 4 is 23.1 Å². The Morgan fingerprint density at radius 2 is 1.87 bits per heavy atom. The van der Waals surface area contributed by atoms with Crippen LogP contribution in [0.1, 0.15) is 47.4 Å². The highest BCUT2D eigenvalue weighted by atomic mass is 35.5.